The van der Waals surface area contributed by atoms with Gasteiger partial charge in [-0.3, -0.25) is 9.97 Å². The molecule has 0 aliphatic rings. The number of pyridine rings is 2. The quantitative estimate of drug-likeness (QED) is 0.204. The Kier molecular flexibility index (Phi) is 6.03. The average molecular weight is 591 g/mol. The lowest BCUT2D eigenvalue weighted by Crippen LogP contribution is -1.89. The van der Waals surface area contributed by atoms with Gasteiger partial charge in [0.2, 0.25) is 0 Å². The van der Waals surface area contributed by atoms with Gasteiger partial charge in [0.05, 0.1) is 11.0 Å². The zero-order chi connectivity index (χ0) is 29.7. The Morgan fingerprint density at radius 3 is 1.47 bits per heavy atom. The number of para-hydroxylation sites is 2. The highest BCUT2D eigenvalue weighted by Crippen LogP contribution is 2.38. The molecular formula is C42H26N2S. The monoisotopic (exact) mass is 590 g/mol. The number of fused-ring (bicyclic) bond motifs is 5. The first kappa shape index (κ1) is 25.8. The van der Waals surface area contributed by atoms with Crippen LogP contribution in [0.2, 0.25) is 0 Å². The Morgan fingerprint density at radius 2 is 0.822 bits per heavy atom. The first-order valence-corrected chi connectivity index (χ1v) is 15.9. The molecule has 0 N–H and O–H groups in total. The summed E-state index contributed by atoms with van der Waals surface area (Å²) in [6.45, 7) is 0. The van der Waals surface area contributed by atoms with Crippen LogP contribution in [0.4, 0.5) is 0 Å². The average Bonchev–Trinajstić information content (AvgIpc) is 3.49. The Morgan fingerprint density at radius 1 is 0.333 bits per heavy atom. The third-order valence-electron chi connectivity index (χ3n) is 8.71. The van der Waals surface area contributed by atoms with E-state index in [1.165, 1.54) is 36.9 Å². The third kappa shape index (κ3) is 4.66. The molecular weight excluding hydrogens is 565 g/mol. The van der Waals surface area contributed by atoms with E-state index in [4.69, 9.17) is 9.97 Å². The van der Waals surface area contributed by atoms with Crippen LogP contribution in [0.5, 0.6) is 0 Å². The van der Waals surface area contributed by atoms with Crippen LogP contribution in [0, 0.1) is 0 Å². The summed E-state index contributed by atoms with van der Waals surface area (Å²) >= 11 is 1.86. The Labute approximate surface area is 264 Å². The fraction of sp³-hybridized carbons (Fsp3) is 0. The molecule has 0 fully saturated rings. The third-order valence-corrected chi connectivity index (χ3v) is 9.84. The van der Waals surface area contributed by atoms with Gasteiger partial charge < -0.3 is 0 Å². The van der Waals surface area contributed by atoms with Gasteiger partial charge in [0.1, 0.15) is 0 Å². The first-order valence-electron chi connectivity index (χ1n) is 15.1. The fourth-order valence-corrected chi connectivity index (χ4v) is 7.49. The van der Waals surface area contributed by atoms with Crippen molar-refractivity contribution >= 4 is 53.3 Å². The van der Waals surface area contributed by atoms with Gasteiger partial charge in [-0.2, -0.15) is 0 Å². The largest absolute Gasteiger partial charge is 0.256 e. The van der Waals surface area contributed by atoms with E-state index in [1.54, 1.807) is 0 Å². The van der Waals surface area contributed by atoms with Gasteiger partial charge in [-0.1, -0.05) is 91.0 Å². The first-order chi connectivity index (χ1) is 22.2. The summed E-state index contributed by atoms with van der Waals surface area (Å²) in [5, 5.41) is 4.92. The molecule has 3 heterocycles. The zero-order valence-electron chi connectivity index (χ0n) is 24.3. The van der Waals surface area contributed by atoms with Gasteiger partial charge in [0, 0.05) is 54.5 Å². The molecule has 6 aromatic carbocycles. The number of nitrogens with zero attached hydrogens (tertiary/aromatic N) is 2. The second-order valence-corrected chi connectivity index (χ2v) is 12.6. The van der Waals surface area contributed by atoms with E-state index in [2.05, 4.69) is 133 Å². The molecule has 210 valence electrons. The van der Waals surface area contributed by atoms with Crippen molar-refractivity contribution in [1.29, 1.82) is 0 Å². The Hall–Kier alpha value is -5.64. The lowest BCUT2D eigenvalue weighted by molar-refractivity contribution is 1.40. The normalized spacial score (nSPS) is 11.6. The highest BCUT2D eigenvalue weighted by atomic mass is 32.1. The molecule has 45 heavy (non-hydrogen) atoms. The summed E-state index contributed by atoms with van der Waals surface area (Å²) in [6.07, 6.45) is 3.97. The highest BCUT2D eigenvalue weighted by Gasteiger charge is 2.11. The van der Waals surface area contributed by atoms with Crippen LogP contribution in [-0.2, 0) is 0 Å². The summed E-state index contributed by atoms with van der Waals surface area (Å²) in [5.41, 5.74) is 11.2. The standard InChI is InChI=1S/C42H26N2S/c1-4-10-39-30(7-1)19-35(25-43-39)33-21-32(22-34(23-33)36-20-31-8-2-5-11-40(31)44-26-36)28-15-13-27(14-16-28)29-17-18-38-37-9-3-6-12-41(37)45-42(38)24-29/h1-26H. The zero-order valence-corrected chi connectivity index (χ0v) is 25.1. The van der Waals surface area contributed by atoms with E-state index in [-0.39, 0.29) is 0 Å². The lowest BCUT2D eigenvalue weighted by Gasteiger charge is -2.13. The molecule has 0 radical (unpaired) electrons. The number of rotatable bonds is 4. The van der Waals surface area contributed by atoms with Gasteiger partial charge in [-0.25, -0.2) is 0 Å². The maximum atomic E-state index is 4.77. The molecule has 9 rings (SSSR count). The summed E-state index contributed by atoms with van der Waals surface area (Å²) in [6, 6.07) is 52.3. The molecule has 2 nitrogen and oxygen atoms in total. The maximum Gasteiger partial charge on any atom is 0.0702 e. The molecule has 0 aliphatic carbocycles. The van der Waals surface area contributed by atoms with Gasteiger partial charge in [0.25, 0.3) is 0 Å². The molecule has 3 aromatic heterocycles. The van der Waals surface area contributed by atoms with Crippen molar-refractivity contribution in [1.82, 2.24) is 9.97 Å². The second-order valence-electron chi connectivity index (χ2n) is 11.5. The van der Waals surface area contributed by atoms with Crippen LogP contribution in [-0.4, -0.2) is 9.97 Å². The van der Waals surface area contributed by atoms with E-state index < -0.39 is 0 Å². The Bertz CT molecular complexity index is 2450. The van der Waals surface area contributed by atoms with E-state index >= 15 is 0 Å². The molecule has 0 atom stereocenters. The van der Waals surface area contributed by atoms with Crippen molar-refractivity contribution in [3.8, 4) is 44.5 Å². The van der Waals surface area contributed by atoms with E-state index in [0.717, 1.165) is 49.6 Å². The van der Waals surface area contributed by atoms with Crippen LogP contribution in [0.15, 0.2) is 158 Å². The summed E-state index contributed by atoms with van der Waals surface area (Å²) < 4.78 is 2.65. The molecule has 0 unspecified atom stereocenters. The van der Waals surface area contributed by atoms with Crippen LogP contribution >= 0.6 is 11.3 Å². The van der Waals surface area contributed by atoms with E-state index in [9.17, 15) is 0 Å². The molecule has 0 amide bonds. The molecule has 9 aromatic rings. The predicted octanol–water partition coefficient (Wildman–Crippen LogP) is 11.8. The van der Waals surface area contributed by atoms with Gasteiger partial charge in [-0.05, 0) is 88.0 Å². The lowest BCUT2D eigenvalue weighted by atomic mass is 9.92. The second kappa shape index (κ2) is 10.5. The summed E-state index contributed by atoms with van der Waals surface area (Å²) in [4.78, 5) is 9.54. The maximum absolute atomic E-state index is 4.77. The number of hydrogen-bond donors (Lipinski definition) is 0. The van der Waals surface area contributed by atoms with Crippen LogP contribution < -0.4 is 0 Å². The van der Waals surface area contributed by atoms with Crippen molar-refractivity contribution in [2.24, 2.45) is 0 Å². The van der Waals surface area contributed by atoms with Crippen molar-refractivity contribution < 1.29 is 0 Å². The highest BCUT2D eigenvalue weighted by molar-refractivity contribution is 7.25. The van der Waals surface area contributed by atoms with Gasteiger partial charge in [0.15, 0.2) is 0 Å². The van der Waals surface area contributed by atoms with Gasteiger partial charge in [-0.15, -0.1) is 11.3 Å². The smallest absolute Gasteiger partial charge is 0.0702 e. The molecule has 0 saturated carbocycles. The molecule has 0 spiro atoms. The van der Waals surface area contributed by atoms with Crippen LogP contribution in [0.25, 0.3) is 86.5 Å². The number of hydrogen-bond acceptors (Lipinski definition) is 3. The van der Waals surface area contributed by atoms with Crippen molar-refractivity contribution in [3.05, 3.63) is 158 Å². The summed E-state index contributed by atoms with van der Waals surface area (Å²) in [7, 11) is 0. The van der Waals surface area contributed by atoms with Crippen molar-refractivity contribution in [3.63, 3.8) is 0 Å². The van der Waals surface area contributed by atoms with E-state index in [1.807, 2.05) is 35.9 Å². The topological polar surface area (TPSA) is 25.8 Å². The van der Waals surface area contributed by atoms with Gasteiger partial charge >= 0.3 is 0 Å². The minimum absolute atomic E-state index is 1.00. The number of aromatic nitrogens is 2. The molecule has 0 saturated heterocycles. The predicted molar refractivity (Wildman–Crippen MR) is 192 cm³/mol. The minimum Gasteiger partial charge on any atom is -0.256 e. The SMILES string of the molecule is c1ccc2ncc(-c3cc(-c4ccc(-c5ccc6c(c5)sc5ccccc56)cc4)cc(-c4cnc5ccccc5c4)c3)cc2c1. The van der Waals surface area contributed by atoms with E-state index in [0.29, 0.717) is 0 Å². The summed E-state index contributed by atoms with van der Waals surface area (Å²) in [5.74, 6) is 0. The van der Waals surface area contributed by atoms with Crippen molar-refractivity contribution in [2.75, 3.05) is 0 Å². The molecule has 0 aliphatic heterocycles. The van der Waals surface area contributed by atoms with Crippen molar-refractivity contribution in [2.45, 2.75) is 0 Å². The minimum atomic E-state index is 1.00. The number of benzene rings is 6. The molecule has 0 bridgehead atoms. The van der Waals surface area contributed by atoms with Crippen LogP contribution in [0.3, 0.4) is 0 Å². The fourth-order valence-electron chi connectivity index (χ4n) is 6.35. The number of thiophene rings is 1. The van der Waals surface area contributed by atoms with Crippen LogP contribution in [0.1, 0.15) is 0 Å². The molecule has 3 heteroatoms. The Balaban J connectivity index is 1.15.